The van der Waals surface area contributed by atoms with Gasteiger partial charge in [0.2, 0.25) is 0 Å². The smallest absolute Gasteiger partial charge is 0.252 e. The highest BCUT2D eigenvalue weighted by molar-refractivity contribution is 7.80. The highest BCUT2D eigenvalue weighted by atomic mass is 32.1. The Balaban J connectivity index is 0.874. The van der Waals surface area contributed by atoms with E-state index in [0.717, 1.165) is 52.8 Å². The van der Waals surface area contributed by atoms with E-state index in [2.05, 4.69) is 57.0 Å². The number of carbonyl (C=O) groups excluding carboxylic acids is 3. The number of nitrogens with one attached hydrogen (secondary N) is 3. The first-order valence-corrected chi connectivity index (χ1v) is 19.1. The maximum atomic E-state index is 13.2. The SMILES string of the molecule is O=C(NCCS)c1ccc(N=Nc2ccc(C(=O)NCCCCCCCCCCCCNC(=O)c3c4ccccc4cc4ccccc34)cc2)cc1. The van der Waals surface area contributed by atoms with Crippen molar-refractivity contribution < 1.29 is 14.4 Å². The second-order valence-electron chi connectivity index (χ2n) is 13.0. The molecule has 0 bridgehead atoms. The monoisotopic (exact) mass is 715 g/mol. The molecule has 0 aliphatic heterocycles. The Morgan fingerprint density at radius 1 is 0.462 bits per heavy atom. The number of thiol groups is 1. The number of benzene rings is 5. The molecule has 0 atom stereocenters. The number of carbonyl (C=O) groups is 3. The lowest BCUT2D eigenvalue weighted by Crippen LogP contribution is -2.25. The molecule has 0 unspecified atom stereocenters. The molecule has 0 radical (unpaired) electrons. The van der Waals surface area contributed by atoms with Gasteiger partial charge < -0.3 is 16.0 Å². The van der Waals surface area contributed by atoms with Gasteiger partial charge in [0.1, 0.15) is 0 Å². The van der Waals surface area contributed by atoms with Crippen molar-refractivity contribution in [3.8, 4) is 0 Å². The largest absolute Gasteiger partial charge is 0.352 e. The van der Waals surface area contributed by atoms with Crippen LogP contribution in [0.15, 0.2) is 113 Å². The Bertz CT molecular complexity index is 1890. The molecule has 5 aromatic carbocycles. The number of unbranched alkanes of at least 4 members (excludes halogenated alkanes) is 9. The third kappa shape index (κ3) is 11.5. The minimum Gasteiger partial charge on any atom is -0.352 e. The number of amides is 3. The lowest BCUT2D eigenvalue weighted by molar-refractivity contribution is 0.0945. The van der Waals surface area contributed by atoms with Crippen molar-refractivity contribution in [2.75, 3.05) is 25.4 Å². The van der Waals surface area contributed by atoms with E-state index in [1.807, 2.05) is 36.4 Å². The van der Waals surface area contributed by atoms with Gasteiger partial charge in [-0.3, -0.25) is 14.4 Å². The zero-order chi connectivity index (χ0) is 36.4. The Hall–Kier alpha value is -5.02. The van der Waals surface area contributed by atoms with Crippen LogP contribution in [0.1, 0.15) is 95.3 Å². The molecule has 0 spiro atoms. The Kier molecular flexibility index (Phi) is 15.2. The third-order valence-electron chi connectivity index (χ3n) is 9.11. The van der Waals surface area contributed by atoms with Crippen molar-refractivity contribution >= 4 is 63.3 Å². The van der Waals surface area contributed by atoms with E-state index in [1.165, 1.54) is 38.5 Å². The van der Waals surface area contributed by atoms with Crippen LogP contribution in [0.2, 0.25) is 0 Å². The molecular formula is C43H49N5O3S. The third-order valence-corrected chi connectivity index (χ3v) is 9.33. The molecule has 3 N–H and O–H groups in total. The Labute approximate surface area is 312 Å². The number of fused-ring (bicyclic) bond motifs is 2. The van der Waals surface area contributed by atoms with E-state index in [4.69, 9.17) is 0 Å². The van der Waals surface area contributed by atoms with Crippen LogP contribution in [0.5, 0.6) is 0 Å². The molecule has 5 rings (SSSR count). The number of hydrogen-bond donors (Lipinski definition) is 4. The fourth-order valence-electron chi connectivity index (χ4n) is 6.26. The summed E-state index contributed by atoms with van der Waals surface area (Å²) in [6.07, 6.45) is 11.5. The molecule has 270 valence electrons. The van der Waals surface area contributed by atoms with Crippen LogP contribution >= 0.6 is 12.6 Å². The van der Waals surface area contributed by atoms with E-state index in [9.17, 15) is 14.4 Å². The number of azo groups is 1. The molecule has 5 aromatic rings. The second-order valence-corrected chi connectivity index (χ2v) is 13.5. The quantitative estimate of drug-likeness (QED) is 0.0279. The fourth-order valence-corrected chi connectivity index (χ4v) is 6.37. The van der Waals surface area contributed by atoms with Gasteiger partial charge in [-0.1, -0.05) is 99.9 Å². The van der Waals surface area contributed by atoms with Gasteiger partial charge in [-0.15, -0.1) is 0 Å². The highest BCUT2D eigenvalue weighted by Gasteiger charge is 2.14. The maximum absolute atomic E-state index is 13.2. The molecule has 0 saturated heterocycles. The Morgan fingerprint density at radius 2 is 0.846 bits per heavy atom. The van der Waals surface area contributed by atoms with Crippen molar-refractivity contribution in [1.82, 2.24) is 16.0 Å². The second kappa shape index (κ2) is 20.7. The minimum atomic E-state index is -0.145. The van der Waals surface area contributed by atoms with Gasteiger partial charge in [0, 0.05) is 36.5 Å². The summed E-state index contributed by atoms with van der Waals surface area (Å²) in [6, 6.07) is 32.3. The van der Waals surface area contributed by atoms with Gasteiger partial charge in [0.05, 0.1) is 16.9 Å². The highest BCUT2D eigenvalue weighted by Crippen LogP contribution is 2.28. The van der Waals surface area contributed by atoms with Crippen LogP contribution < -0.4 is 16.0 Å². The first-order valence-electron chi connectivity index (χ1n) is 18.5. The summed E-state index contributed by atoms with van der Waals surface area (Å²) in [5.74, 6) is 0.362. The standard InChI is InChI=1S/C43H49N5O3S/c49-41(32-19-23-36(24-20-32)47-48-37-25-21-33(22-26-37)42(50)46-29-30-52)44-27-13-7-5-3-1-2-4-6-8-14-28-45-43(51)40-38-17-11-9-15-34(38)31-35-16-10-12-18-39(35)40/h9-12,15-26,31,52H,1-8,13-14,27-30H2,(H,44,49)(H,45,51)(H,46,50). The van der Waals surface area contributed by atoms with Crippen LogP contribution in [-0.4, -0.2) is 43.1 Å². The minimum absolute atomic E-state index is 0.00932. The van der Waals surface area contributed by atoms with Gasteiger partial charge in [-0.2, -0.15) is 22.9 Å². The molecular weight excluding hydrogens is 667 g/mol. The van der Waals surface area contributed by atoms with Gasteiger partial charge in [-0.05, 0) is 89.0 Å². The molecule has 0 saturated carbocycles. The van der Waals surface area contributed by atoms with Crippen molar-refractivity contribution in [1.29, 1.82) is 0 Å². The van der Waals surface area contributed by atoms with Crippen LogP contribution in [0.4, 0.5) is 11.4 Å². The molecule has 0 heterocycles. The summed E-state index contributed by atoms with van der Waals surface area (Å²) in [4.78, 5) is 37.8. The van der Waals surface area contributed by atoms with E-state index >= 15 is 0 Å². The van der Waals surface area contributed by atoms with Crippen LogP contribution in [0.25, 0.3) is 21.5 Å². The average Bonchev–Trinajstić information content (AvgIpc) is 3.18. The summed E-state index contributed by atoms with van der Waals surface area (Å²) in [5, 5.41) is 21.6. The fraction of sp³-hybridized carbons (Fsp3) is 0.326. The molecule has 0 fully saturated rings. The summed E-state index contributed by atoms with van der Waals surface area (Å²) < 4.78 is 0. The van der Waals surface area contributed by atoms with Gasteiger partial charge in [-0.25, -0.2) is 0 Å². The lowest BCUT2D eigenvalue weighted by atomic mass is 9.96. The van der Waals surface area contributed by atoms with E-state index in [1.54, 1.807) is 48.5 Å². The summed E-state index contributed by atoms with van der Waals surface area (Å²) in [7, 11) is 0. The number of hydrogen-bond acceptors (Lipinski definition) is 6. The van der Waals surface area contributed by atoms with Gasteiger partial charge in [0.15, 0.2) is 0 Å². The summed E-state index contributed by atoms with van der Waals surface area (Å²) >= 11 is 4.10. The molecule has 8 nitrogen and oxygen atoms in total. The summed E-state index contributed by atoms with van der Waals surface area (Å²) in [5.41, 5.74) is 3.20. The predicted molar refractivity (Wildman–Crippen MR) is 216 cm³/mol. The molecule has 0 aromatic heterocycles. The zero-order valence-electron chi connectivity index (χ0n) is 29.8. The lowest BCUT2D eigenvalue weighted by Gasteiger charge is -2.12. The van der Waals surface area contributed by atoms with Crippen LogP contribution in [0.3, 0.4) is 0 Å². The topological polar surface area (TPSA) is 112 Å². The molecule has 0 aliphatic carbocycles. The van der Waals surface area contributed by atoms with Crippen molar-refractivity contribution in [3.05, 3.63) is 120 Å². The normalized spacial score (nSPS) is 11.2. The predicted octanol–water partition coefficient (Wildman–Crippen LogP) is 10.1. The first-order chi connectivity index (χ1) is 25.5. The van der Waals surface area contributed by atoms with Crippen LogP contribution in [0, 0.1) is 0 Å². The van der Waals surface area contributed by atoms with Gasteiger partial charge in [0.25, 0.3) is 17.7 Å². The average molecular weight is 716 g/mol. The van der Waals surface area contributed by atoms with E-state index in [0.29, 0.717) is 47.9 Å². The number of nitrogens with zero attached hydrogens (tertiary/aromatic N) is 2. The molecule has 9 heteroatoms. The molecule has 52 heavy (non-hydrogen) atoms. The van der Waals surface area contributed by atoms with Crippen molar-refractivity contribution in [3.63, 3.8) is 0 Å². The maximum Gasteiger partial charge on any atom is 0.252 e. The summed E-state index contributed by atoms with van der Waals surface area (Å²) in [6.45, 7) is 1.87. The van der Waals surface area contributed by atoms with Crippen molar-refractivity contribution in [2.45, 2.75) is 64.2 Å². The zero-order valence-corrected chi connectivity index (χ0v) is 30.7. The first kappa shape index (κ1) is 38.2. The van der Waals surface area contributed by atoms with Crippen LogP contribution in [-0.2, 0) is 0 Å². The Morgan fingerprint density at radius 3 is 1.29 bits per heavy atom. The molecule has 3 amide bonds. The van der Waals surface area contributed by atoms with Gasteiger partial charge >= 0.3 is 0 Å². The molecule has 0 aliphatic rings. The van der Waals surface area contributed by atoms with E-state index < -0.39 is 0 Å². The van der Waals surface area contributed by atoms with E-state index in [-0.39, 0.29) is 17.7 Å². The number of rotatable bonds is 20. The van der Waals surface area contributed by atoms with Crippen molar-refractivity contribution in [2.24, 2.45) is 10.2 Å².